The van der Waals surface area contributed by atoms with E-state index < -0.39 is 4.92 Å². The molecule has 152 valence electrons. The Kier molecular flexibility index (Phi) is 10.1. The highest BCUT2D eigenvalue weighted by Crippen LogP contribution is 2.29. The molecule has 0 spiro atoms. The lowest BCUT2D eigenvalue weighted by molar-refractivity contribution is -0.385. The molecular weight excluding hydrogens is 406 g/mol. The number of nitro benzene ring substituents is 1. The summed E-state index contributed by atoms with van der Waals surface area (Å²) in [7, 11) is 1.39. The number of nitrogens with one attached hydrogen (secondary N) is 1. The zero-order valence-corrected chi connectivity index (χ0v) is 16.9. The molecule has 10 heteroatoms. The van der Waals surface area contributed by atoms with Crippen molar-refractivity contribution in [2.75, 3.05) is 31.3 Å². The summed E-state index contributed by atoms with van der Waals surface area (Å²) in [6.45, 7) is 0.874. The first-order valence-corrected chi connectivity index (χ1v) is 9.30. The van der Waals surface area contributed by atoms with Crippen molar-refractivity contribution >= 4 is 41.5 Å². The molecule has 0 aliphatic heterocycles. The first-order valence-electron chi connectivity index (χ1n) is 8.15. The number of methoxy groups -OCH3 is 1. The van der Waals surface area contributed by atoms with Crippen LogP contribution in [0.25, 0.3) is 0 Å². The normalized spacial score (nSPS) is 9.93. The molecule has 2 aromatic rings. The lowest BCUT2D eigenvalue weighted by Crippen LogP contribution is -2.14. The minimum Gasteiger partial charge on any atom is -0.492 e. The smallest absolute Gasteiger partial charge is 0.311 e. The highest BCUT2D eigenvalue weighted by molar-refractivity contribution is 7.99. The van der Waals surface area contributed by atoms with Crippen molar-refractivity contribution in [3.63, 3.8) is 0 Å². The Morgan fingerprint density at radius 1 is 1.25 bits per heavy atom. The zero-order valence-electron chi connectivity index (χ0n) is 15.3. The molecule has 1 amide bonds. The minimum atomic E-state index is -0.485. The molecule has 0 saturated heterocycles. The van der Waals surface area contributed by atoms with E-state index in [9.17, 15) is 14.9 Å². The van der Waals surface area contributed by atoms with Crippen molar-refractivity contribution in [3.05, 3.63) is 58.1 Å². The summed E-state index contributed by atoms with van der Waals surface area (Å²) in [5, 5.41) is 13.8. The van der Waals surface area contributed by atoms with E-state index >= 15 is 0 Å². The standard InChI is InChI=1S/C18H21N3O5S.ClH/c1-25-17-7-2-13(10-16(17)21(23)24)11-27-12-18(22)20-14-3-5-15(6-4-14)26-9-8-19;/h2-7,10H,8-9,11-12,19H2,1H3,(H,20,22);1H. The van der Waals surface area contributed by atoms with Gasteiger partial charge in [-0.1, -0.05) is 6.07 Å². The topological polar surface area (TPSA) is 117 Å². The summed E-state index contributed by atoms with van der Waals surface area (Å²) in [6.07, 6.45) is 0. The van der Waals surface area contributed by atoms with Crippen molar-refractivity contribution in [2.24, 2.45) is 5.73 Å². The fourth-order valence-corrected chi connectivity index (χ4v) is 3.01. The molecule has 0 atom stereocenters. The molecule has 3 N–H and O–H groups in total. The summed E-state index contributed by atoms with van der Waals surface area (Å²) < 4.78 is 10.3. The number of nitrogens with two attached hydrogens (primary N) is 1. The number of ether oxygens (including phenoxy) is 2. The van der Waals surface area contributed by atoms with Gasteiger partial charge in [-0.3, -0.25) is 14.9 Å². The van der Waals surface area contributed by atoms with E-state index in [1.54, 1.807) is 36.4 Å². The Morgan fingerprint density at radius 2 is 1.96 bits per heavy atom. The SMILES string of the molecule is COc1ccc(CSCC(=O)Nc2ccc(OCCN)cc2)cc1[N+](=O)[O-].Cl. The van der Waals surface area contributed by atoms with Crippen molar-refractivity contribution in [1.82, 2.24) is 0 Å². The predicted molar refractivity (Wildman–Crippen MR) is 113 cm³/mol. The van der Waals surface area contributed by atoms with Gasteiger partial charge in [-0.15, -0.1) is 24.2 Å². The van der Waals surface area contributed by atoms with Gasteiger partial charge < -0.3 is 20.5 Å². The fraction of sp³-hybridized carbons (Fsp3) is 0.278. The van der Waals surface area contributed by atoms with Crippen LogP contribution in [0, 0.1) is 10.1 Å². The van der Waals surface area contributed by atoms with Crippen LogP contribution in [0.4, 0.5) is 11.4 Å². The molecule has 0 aromatic heterocycles. The lowest BCUT2D eigenvalue weighted by Gasteiger charge is -2.08. The highest BCUT2D eigenvalue weighted by Gasteiger charge is 2.15. The van der Waals surface area contributed by atoms with Gasteiger partial charge in [0.05, 0.1) is 17.8 Å². The summed E-state index contributed by atoms with van der Waals surface area (Å²) in [5.74, 6) is 1.45. The molecule has 0 unspecified atom stereocenters. The van der Waals surface area contributed by atoms with Gasteiger partial charge in [0.15, 0.2) is 5.75 Å². The van der Waals surface area contributed by atoms with Crippen molar-refractivity contribution < 1.29 is 19.2 Å². The van der Waals surface area contributed by atoms with Crippen LogP contribution < -0.4 is 20.5 Å². The van der Waals surface area contributed by atoms with E-state index in [-0.39, 0.29) is 35.5 Å². The second-order valence-electron chi connectivity index (χ2n) is 5.47. The zero-order chi connectivity index (χ0) is 19.6. The second-order valence-corrected chi connectivity index (χ2v) is 6.45. The number of benzene rings is 2. The monoisotopic (exact) mass is 427 g/mol. The first kappa shape index (κ1) is 23.5. The van der Waals surface area contributed by atoms with Gasteiger partial charge in [0, 0.05) is 24.1 Å². The number of thioether (sulfide) groups is 1. The summed E-state index contributed by atoms with van der Waals surface area (Å²) in [5.41, 5.74) is 6.71. The molecule has 0 bridgehead atoms. The number of rotatable bonds is 10. The van der Waals surface area contributed by atoms with E-state index in [0.29, 0.717) is 30.3 Å². The van der Waals surface area contributed by atoms with Gasteiger partial charge in [-0.25, -0.2) is 0 Å². The average molecular weight is 428 g/mol. The Balaban J connectivity index is 0.00000392. The van der Waals surface area contributed by atoms with Crippen LogP contribution >= 0.6 is 24.2 Å². The van der Waals surface area contributed by atoms with Crippen molar-refractivity contribution in [2.45, 2.75) is 5.75 Å². The third kappa shape index (κ3) is 7.26. The van der Waals surface area contributed by atoms with E-state index in [2.05, 4.69) is 5.32 Å². The van der Waals surface area contributed by atoms with Gasteiger partial charge in [0.2, 0.25) is 5.91 Å². The van der Waals surface area contributed by atoms with Gasteiger partial charge in [-0.2, -0.15) is 0 Å². The number of carbonyl (C=O) groups is 1. The summed E-state index contributed by atoms with van der Waals surface area (Å²) in [4.78, 5) is 22.6. The number of halogens is 1. The average Bonchev–Trinajstić information content (AvgIpc) is 2.67. The number of nitrogens with zero attached hydrogens (tertiary/aromatic N) is 1. The number of anilines is 1. The van der Waals surface area contributed by atoms with Gasteiger partial charge in [0.25, 0.3) is 0 Å². The fourth-order valence-electron chi connectivity index (χ4n) is 2.24. The molecule has 0 heterocycles. The van der Waals surface area contributed by atoms with Crippen LogP contribution in [0.5, 0.6) is 11.5 Å². The Bertz CT molecular complexity index is 789. The Hall–Kier alpha value is -2.49. The van der Waals surface area contributed by atoms with E-state index in [1.807, 2.05) is 0 Å². The molecule has 0 fully saturated rings. The van der Waals surface area contributed by atoms with Crippen LogP contribution in [-0.2, 0) is 10.5 Å². The molecule has 2 rings (SSSR count). The number of amides is 1. The third-order valence-corrected chi connectivity index (χ3v) is 4.47. The number of carbonyl (C=O) groups excluding carboxylic acids is 1. The minimum absolute atomic E-state index is 0. The van der Waals surface area contributed by atoms with Gasteiger partial charge in [0.1, 0.15) is 12.4 Å². The lowest BCUT2D eigenvalue weighted by atomic mass is 10.2. The Labute approximate surface area is 173 Å². The molecule has 0 aliphatic rings. The molecule has 8 nitrogen and oxygen atoms in total. The quantitative estimate of drug-likeness (QED) is 0.441. The van der Waals surface area contributed by atoms with Gasteiger partial charge in [-0.05, 0) is 35.9 Å². The maximum absolute atomic E-state index is 12.0. The summed E-state index contributed by atoms with van der Waals surface area (Å²) >= 11 is 1.37. The number of nitro groups is 1. The first-order chi connectivity index (χ1) is 13.0. The Morgan fingerprint density at radius 3 is 2.57 bits per heavy atom. The second kappa shape index (κ2) is 12.1. The number of hydrogen-bond acceptors (Lipinski definition) is 7. The molecule has 0 radical (unpaired) electrons. The van der Waals surface area contributed by atoms with Crippen LogP contribution in [0.2, 0.25) is 0 Å². The number of hydrogen-bond donors (Lipinski definition) is 2. The van der Waals surface area contributed by atoms with Gasteiger partial charge >= 0.3 is 5.69 Å². The molecule has 0 saturated carbocycles. The molecular formula is C18H22ClN3O5S. The third-order valence-electron chi connectivity index (χ3n) is 3.47. The van der Waals surface area contributed by atoms with Crippen LogP contribution in [-0.4, -0.2) is 36.8 Å². The van der Waals surface area contributed by atoms with Crippen LogP contribution in [0.3, 0.4) is 0 Å². The van der Waals surface area contributed by atoms with Crippen LogP contribution in [0.15, 0.2) is 42.5 Å². The predicted octanol–water partition coefficient (Wildman–Crippen LogP) is 3.23. The molecule has 0 aliphatic carbocycles. The maximum atomic E-state index is 12.0. The van der Waals surface area contributed by atoms with E-state index in [0.717, 1.165) is 5.56 Å². The van der Waals surface area contributed by atoms with Crippen molar-refractivity contribution in [3.8, 4) is 11.5 Å². The highest BCUT2D eigenvalue weighted by atomic mass is 35.5. The van der Waals surface area contributed by atoms with E-state index in [1.165, 1.54) is 24.9 Å². The molecule has 2 aromatic carbocycles. The van der Waals surface area contributed by atoms with E-state index in [4.69, 9.17) is 15.2 Å². The maximum Gasteiger partial charge on any atom is 0.311 e. The largest absolute Gasteiger partial charge is 0.492 e. The molecule has 28 heavy (non-hydrogen) atoms. The summed E-state index contributed by atoms with van der Waals surface area (Å²) in [6, 6.07) is 11.8. The van der Waals surface area contributed by atoms with Crippen molar-refractivity contribution in [1.29, 1.82) is 0 Å². The van der Waals surface area contributed by atoms with Crippen LogP contribution in [0.1, 0.15) is 5.56 Å².